The second-order valence-electron chi connectivity index (χ2n) is 3.25. The smallest absolute Gasteiger partial charge is 0.0980 e. The molecule has 0 saturated carbocycles. The number of rotatable bonds is 2. The molecule has 1 unspecified atom stereocenters. The monoisotopic (exact) mass is 153 g/mol. The SMILES string of the molecule is C1CNC(CC2=NCCN2)C1. The molecule has 62 valence electrons. The molecule has 0 spiro atoms. The number of nitrogens with one attached hydrogen (secondary N) is 2. The first-order valence-electron chi connectivity index (χ1n) is 4.46. The molecule has 0 aliphatic carbocycles. The Kier molecular flexibility index (Phi) is 2.08. The van der Waals surface area contributed by atoms with Crippen molar-refractivity contribution in [1.29, 1.82) is 0 Å². The van der Waals surface area contributed by atoms with Crippen molar-refractivity contribution in [1.82, 2.24) is 10.6 Å². The van der Waals surface area contributed by atoms with Crippen LogP contribution in [0.4, 0.5) is 0 Å². The fraction of sp³-hybridized carbons (Fsp3) is 0.875. The van der Waals surface area contributed by atoms with Gasteiger partial charge in [0.1, 0.15) is 0 Å². The summed E-state index contributed by atoms with van der Waals surface area (Å²) < 4.78 is 0. The van der Waals surface area contributed by atoms with Crippen molar-refractivity contribution in [2.75, 3.05) is 19.6 Å². The molecule has 2 rings (SSSR count). The first kappa shape index (κ1) is 7.10. The molecule has 0 aromatic rings. The molecule has 11 heavy (non-hydrogen) atoms. The van der Waals surface area contributed by atoms with E-state index in [1.807, 2.05) is 0 Å². The van der Waals surface area contributed by atoms with E-state index in [9.17, 15) is 0 Å². The van der Waals surface area contributed by atoms with Crippen LogP contribution in [0.3, 0.4) is 0 Å². The molecule has 3 heteroatoms. The van der Waals surface area contributed by atoms with E-state index in [-0.39, 0.29) is 0 Å². The third kappa shape index (κ3) is 1.71. The molecule has 0 aromatic carbocycles. The second kappa shape index (κ2) is 3.22. The minimum atomic E-state index is 0.694. The topological polar surface area (TPSA) is 36.4 Å². The molecule has 2 aliphatic heterocycles. The zero-order chi connectivity index (χ0) is 7.52. The van der Waals surface area contributed by atoms with Gasteiger partial charge in [0.25, 0.3) is 0 Å². The lowest BCUT2D eigenvalue weighted by atomic mass is 10.1. The molecule has 0 radical (unpaired) electrons. The lowest BCUT2D eigenvalue weighted by Crippen LogP contribution is -2.29. The van der Waals surface area contributed by atoms with Crippen LogP contribution < -0.4 is 10.6 Å². The fourth-order valence-corrected chi connectivity index (χ4v) is 1.75. The average Bonchev–Trinajstić information content (AvgIpc) is 2.60. The van der Waals surface area contributed by atoms with Gasteiger partial charge in [0.05, 0.1) is 12.4 Å². The maximum Gasteiger partial charge on any atom is 0.0980 e. The number of aliphatic imine (C=N–C) groups is 1. The van der Waals surface area contributed by atoms with Gasteiger partial charge in [-0.05, 0) is 19.4 Å². The highest BCUT2D eigenvalue weighted by molar-refractivity contribution is 5.84. The van der Waals surface area contributed by atoms with E-state index in [1.165, 1.54) is 25.2 Å². The maximum absolute atomic E-state index is 4.36. The van der Waals surface area contributed by atoms with Gasteiger partial charge in [-0.25, -0.2) is 0 Å². The van der Waals surface area contributed by atoms with Crippen LogP contribution >= 0.6 is 0 Å². The zero-order valence-corrected chi connectivity index (χ0v) is 6.77. The van der Waals surface area contributed by atoms with E-state index < -0.39 is 0 Å². The van der Waals surface area contributed by atoms with Crippen LogP contribution in [0, 0.1) is 0 Å². The first-order chi connectivity index (χ1) is 5.45. The van der Waals surface area contributed by atoms with Gasteiger partial charge in [-0.1, -0.05) is 0 Å². The van der Waals surface area contributed by atoms with Crippen molar-refractivity contribution in [2.24, 2.45) is 4.99 Å². The standard InChI is InChI=1S/C8H15N3/c1-2-7(9-3-1)6-8-10-4-5-11-8/h7,9H,1-6H2,(H,10,11). The summed E-state index contributed by atoms with van der Waals surface area (Å²) in [5, 5.41) is 6.76. The fourth-order valence-electron chi connectivity index (χ4n) is 1.75. The molecule has 0 amide bonds. The number of nitrogens with zero attached hydrogens (tertiary/aromatic N) is 1. The molecule has 2 aliphatic rings. The Morgan fingerprint density at radius 3 is 3.09 bits per heavy atom. The Labute approximate surface area is 67.3 Å². The second-order valence-corrected chi connectivity index (χ2v) is 3.25. The van der Waals surface area contributed by atoms with Crippen molar-refractivity contribution in [2.45, 2.75) is 25.3 Å². The van der Waals surface area contributed by atoms with Gasteiger partial charge >= 0.3 is 0 Å². The molecule has 2 heterocycles. The van der Waals surface area contributed by atoms with Crippen LogP contribution in [0.15, 0.2) is 4.99 Å². The molecular formula is C8H15N3. The average molecular weight is 153 g/mol. The zero-order valence-electron chi connectivity index (χ0n) is 6.77. The largest absolute Gasteiger partial charge is 0.372 e. The summed E-state index contributed by atoms with van der Waals surface area (Å²) in [7, 11) is 0. The van der Waals surface area contributed by atoms with E-state index >= 15 is 0 Å². The van der Waals surface area contributed by atoms with Crippen molar-refractivity contribution < 1.29 is 0 Å². The quantitative estimate of drug-likeness (QED) is 0.591. The number of amidine groups is 1. The molecule has 1 atom stereocenters. The van der Waals surface area contributed by atoms with Crippen LogP contribution in [0.2, 0.25) is 0 Å². The summed E-state index contributed by atoms with van der Waals surface area (Å²) in [5.74, 6) is 1.21. The van der Waals surface area contributed by atoms with Gasteiger partial charge in [0, 0.05) is 19.0 Å². The summed E-state index contributed by atoms with van der Waals surface area (Å²) in [6, 6.07) is 0.694. The number of hydrogen-bond acceptors (Lipinski definition) is 3. The van der Waals surface area contributed by atoms with E-state index in [1.54, 1.807) is 0 Å². The molecular weight excluding hydrogens is 138 g/mol. The minimum absolute atomic E-state index is 0.694. The molecule has 0 bridgehead atoms. The summed E-state index contributed by atoms with van der Waals surface area (Å²) in [5.41, 5.74) is 0. The predicted octanol–water partition coefficient (Wildman–Crippen LogP) is 0.130. The lowest BCUT2D eigenvalue weighted by Gasteiger charge is -2.09. The predicted molar refractivity (Wildman–Crippen MR) is 45.9 cm³/mol. The minimum Gasteiger partial charge on any atom is -0.372 e. The van der Waals surface area contributed by atoms with E-state index in [4.69, 9.17) is 0 Å². The molecule has 2 N–H and O–H groups in total. The van der Waals surface area contributed by atoms with Crippen LogP contribution in [0.1, 0.15) is 19.3 Å². The Hall–Kier alpha value is -0.570. The first-order valence-corrected chi connectivity index (χ1v) is 4.46. The van der Waals surface area contributed by atoms with Crippen LogP contribution in [-0.4, -0.2) is 31.5 Å². The highest BCUT2D eigenvalue weighted by Crippen LogP contribution is 2.09. The third-order valence-electron chi connectivity index (χ3n) is 2.35. The summed E-state index contributed by atoms with van der Waals surface area (Å²) in [6.45, 7) is 3.21. The van der Waals surface area contributed by atoms with E-state index in [2.05, 4.69) is 15.6 Å². The Balaban J connectivity index is 1.79. The van der Waals surface area contributed by atoms with Crippen molar-refractivity contribution in [3.05, 3.63) is 0 Å². The van der Waals surface area contributed by atoms with Crippen molar-refractivity contribution in [3.63, 3.8) is 0 Å². The maximum atomic E-state index is 4.36. The highest BCUT2D eigenvalue weighted by atomic mass is 15.1. The normalized spacial score (nSPS) is 30.2. The summed E-state index contributed by atoms with van der Waals surface area (Å²) in [6.07, 6.45) is 3.76. The molecule has 0 aromatic heterocycles. The van der Waals surface area contributed by atoms with E-state index in [0.29, 0.717) is 6.04 Å². The van der Waals surface area contributed by atoms with Crippen molar-refractivity contribution >= 4 is 5.84 Å². The van der Waals surface area contributed by atoms with Gasteiger partial charge in [0.2, 0.25) is 0 Å². The van der Waals surface area contributed by atoms with E-state index in [0.717, 1.165) is 19.5 Å². The lowest BCUT2D eigenvalue weighted by molar-refractivity contribution is 0.623. The van der Waals surface area contributed by atoms with Gasteiger partial charge in [-0.15, -0.1) is 0 Å². The molecule has 1 saturated heterocycles. The van der Waals surface area contributed by atoms with Crippen molar-refractivity contribution in [3.8, 4) is 0 Å². The molecule has 1 fully saturated rings. The summed E-state index contributed by atoms with van der Waals surface area (Å²) >= 11 is 0. The number of hydrogen-bond donors (Lipinski definition) is 2. The Morgan fingerprint density at radius 2 is 2.45 bits per heavy atom. The Bertz CT molecular complexity index is 159. The van der Waals surface area contributed by atoms with Gasteiger partial charge in [-0.3, -0.25) is 4.99 Å². The van der Waals surface area contributed by atoms with Crippen LogP contribution in [-0.2, 0) is 0 Å². The van der Waals surface area contributed by atoms with Gasteiger partial charge in [-0.2, -0.15) is 0 Å². The Morgan fingerprint density at radius 1 is 1.45 bits per heavy atom. The molecule has 3 nitrogen and oxygen atoms in total. The van der Waals surface area contributed by atoms with Crippen LogP contribution in [0.5, 0.6) is 0 Å². The third-order valence-corrected chi connectivity index (χ3v) is 2.35. The summed E-state index contributed by atoms with van der Waals surface area (Å²) in [4.78, 5) is 4.36. The highest BCUT2D eigenvalue weighted by Gasteiger charge is 2.17. The van der Waals surface area contributed by atoms with Crippen LogP contribution in [0.25, 0.3) is 0 Å². The van der Waals surface area contributed by atoms with Gasteiger partial charge in [0.15, 0.2) is 0 Å². The van der Waals surface area contributed by atoms with Gasteiger partial charge < -0.3 is 10.6 Å².